The Morgan fingerprint density at radius 1 is 1.44 bits per heavy atom. The van der Waals surface area contributed by atoms with E-state index in [0.717, 1.165) is 6.42 Å². The molecule has 1 aliphatic rings. The van der Waals surface area contributed by atoms with E-state index < -0.39 is 0 Å². The third-order valence-electron chi connectivity index (χ3n) is 3.41. The molecule has 0 spiro atoms. The Balaban J connectivity index is 2.27. The van der Waals surface area contributed by atoms with E-state index in [1.807, 2.05) is 13.8 Å². The lowest BCUT2D eigenvalue weighted by molar-refractivity contribution is -0.127. The number of nitrogens with two attached hydrogens (primary N) is 1. The fourth-order valence-electron chi connectivity index (χ4n) is 2.05. The van der Waals surface area contributed by atoms with E-state index in [-0.39, 0.29) is 24.5 Å². The van der Waals surface area contributed by atoms with Crippen molar-refractivity contribution in [2.24, 2.45) is 22.7 Å². The molecule has 0 unspecified atom stereocenters. The predicted octanol–water partition coefficient (Wildman–Crippen LogP) is 1.63. The standard InChI is InChI=1S/C13H25N3O2/c1-9(2)13(14)16-18-8-12(17)15-11-7-5-4-6-10(11)3/h9-11H,4-8H2,1-3H3,(H2,14,16)(H,15,17)/t10-,11+/m0/s1. The van der Waals surface area contributed by atoms with Crippen LogP contribution in [0.3, 0.4) is 0 Å². The Morgan fingerprint density at radius 2 is 2.11 bits per heavy atom. The SMILES string of the molecule is CC(C)/C(N)=N\OCC(=O)N[C@@H]1CCCC[C@@H]1C. The molecule has 0 saturated heterocycles. The van der Waals surface area contributed by atoms with Crippen molar-refractivity contribution >= 4 is 11.7 Å². The van der Waals surface area contributed by atoms with Crippen LogP contribution in [-0.2, 0) is 9.63 Å². The van der Waals surface area contributed by atoms with Gasteiger partial charge in [0.25, 0.3) is 5.91 Å². The molecule has 0 aromatic heterocycles. The number of amidine groups is 1. The molecule has 0 aliphatic heterocycles. The van der Waals surface area contributed by atoms with Gasteiger partial charge in [-0.15, -0.1) is 0 Å². The van der Waals surface area contributed by atoms with Gasteiger partial charge in [-0.3, -0.25) is 4.79 Å². The first kappa shape index (κ1) is 14.8. The Hall–Kier alpha value is -1.26. The fourth-order valence-corrected chi connectivity index (χ4v) is 2.05. The minimum atomic E-state index is -0.117. The maximum Gasteiger partial charge on any atom is 0.261 e. The number of rotatable bonds is 5. The van der Waals surface area contributed by atoms with Gasteiger partial charge in [-0.25, -0.2) is 0 Å². The number of amides is 1. The molecule has 0 radical (unpaired) electrons. The normalized spacial score (nSPS) is 25.0. The summed E-state index contributed by atoms with van der Waals surface area (Å²) in [4.78, 5) is 16.6. The highest BCUT2D eigenvalue weighted by atomic mass is 16.6. The van der Waals surface area contributed by atoms with E-state index >= 15 is 0 Å². The summed E-state index contributed by atoms with van der Waals surface area (Å²) in [5, 5.41) is 6.71. The smallest absolute Gasteiger partial charge is 0.261 e. The van der Waals surface area contributed by atoms with Crippen molar-refractivity contribution in [2.75, 3.05) is 6.61 Å². The molecule has 1 saturated carbocycles. The summed E-state index contributed by atoms with van der Waals surface area (Å²) in [7, 11) is 0. The summed E-state index contributed by atoms with van der Waals surface area (Å²) in [5.41, 5.74) is 5.60. The molecular formula is C13H25N3O2. The largest absolute Gasteiger partial charge is 0.384 e. The summed E-state index contributed by atoms with van der Waals surface area (Å²) < 4.78 is 0. The third-order valence-corrected chi connectivity index (χ3v) is 3.41. The second-order valence-corrected chi connectivity index (χ2v) is 5.38. The number of carbonyl (C=O) groups excluding carboxylic acids is 1. The highest BCUT2D eigenvalue weighted by Crippen LogP contribution is 2.23. The molecule has 5 heteroatoms. The van der Waals surface area contributed by atoms with Gasteiger partial charge in [-0.1, -0.05) is 38.8 Å². The zero-order valence-electron chi connectivity index (χ0n) is 11.6. The van der Waals surface area contributed by atoms with Gasteiger partial charge in [0, 0.05) is 12.0 Å². The first-order chi connectivity index (χ1) is 8.50. The van der Waals surface area contributed by atoms with Crippen LogP contribution in [0.25, 0.3) is 0 Å². The molecule has 5 nitrogen and oxygen atoms in total. The van der Waals surface area contributed by atoms with E-state index in [2.05, 4.69) is 17.4 Å². The third kappa shape index (κ3) is 4.94. The molecule has 1 rings (SSSR count). The van der Waals surface area contributed by atoms with Crippen LogP contribution in [0.5, 0.6) is 0 Å². The summed E-state index contributed by atoms with van der Waals surface area (Å²) in [5.74, 6) is 0.973. The average Bonchev–Trinajstić information content (AvgIpc) is 2.32. The lowest BCUT2D eigenvalue weighted by Crippen LogP contribution is -2.42. The second-order valence-electron chi connectivity index (χ2n) is 5.38. The monoisotopic (exact) mass is 255 g/mol. The first-order valence-corrected chi connectivity index (χ1v) is 6.75. The number of carbonyl (C=O) groups is 1. The van der Waals surface area contributed by atoms with Gasteiger partial charge >= 0.3 is 0 Å². The van der Waals surface area contributed by atoms with Gasteiger partial charge < -0.3 is 15.9 Å². The fraction of sp³-hybridized carbons (Fsp3) is 0.846. The Kier molecular flexibility index (Phi) is 5.95. The molecular weight excluding hydrogens is 230 g/mol. The quantitative estimate of drug-likeness (QED) is 0.445. The molecule has 2 atom stereocenters. The first-order valence-electron chi connectivity index (χ1n) is 6.75. The van der Waals surface area contributed by atoms with Crippen molar-refractivity contribution in [3.05, 3.63) is 0 Å². The Bertz CT molecular complexity index is 303. The van der Waals surface area contributed by atoms with Crippen LogP contribution in [0.1, 0.15) is 46.5 Å². The van der Waals surface area contributed by atoms with E-state index in [1.54, 1.807) is 0 Å². The molecule has 3 N–H and O–H groups in total. The van der Waals surface area contributed by atoms with E-state index in [0.29, 0.717) is 11.8 Å². The molecule has 1 fully saturated rings. The number of hydrogen-bond donors (Lipinski definition) is 2. The van der Waals surface area contributed by atoms with Crippen LogP contribution in [0.15, 0.2) is 5.16 Å². The van der Waals surface area contributed by atoms with Crippen molar-refractivity contribution in [3.8, 4) is 0 Å². The molecule has 1 aliphatic carbocycles. The maximum atomic E-state index is 11.7. The van der Waals surface area contributed by atoms with Crippen molar-refractivity contribution in [3.63, 3.8) is 0 Å². The summed E-state index contributed by atoms with van der Waals surface area (Å²) in [6, 6.07) is 0.279. The van der Waals surface area contributed by atoms with Crippen LogP contribution >= 0.6 is 0 Å². The number of hydrogen-bond acceptors (Lipinski definition) is 3. The molecule has 1 amide bonds. The van der Waals surface area contributed by atoms with Crippen LogP contribution < -0.4 is 11.1 Å². The van der Waals surface area contributed by atoms with Crippen LogP contribution in [0.2, 0.25) is 0 Å². The number of nitrogens with zero attached hydrogens (tertiary/aromatic N) is 1. The lowest BCUT2D eigenvalue weighted by Gasteiger charge is -2.29. The highest BCUT2D eigenvalue weighted by Gasteiger charge is 2.22. The molecule has 0 heterocycles. The Morgan fingerprint density at radius 3 is 2.72 bits per heavy atom. The zero-order valence-corrected chi connectivity index (χ0v) is 11.6. The Labute approximate surface area is 109 Å². The maximum absolute atomic E-state index is 11.7. The van der Waals surface area contributed by atoms with Crippen molar-refractivity contribution in [1.82, 2.24) is 5.32 Å². The van der Waals surface area contributed by atoms with Crippen molar-refractivity contribution in [2.45, 2.75) is 52.5 Å². The van der Waals surface area contributed by atoms with Gasteiger partial charge in [0.1, 0.15) is 5.84 Å². The van der Waals surface area contributed by atoms with Crippen LogP contribution in [-0.4, -0.2) is 24.4 Å². The number of oxime groups is 1. The predicted molar refractivity (Wildman–Crippen MR) is 72.0 cm³/mol. The minimum absolute atomic E-state index is 0.0589. The van der Waals surface area contributed by atoms with Gasteiger partial charge in [-0.2, -0.15) is 0 Å². The van der Waals surface area contributed by atoms with Gasteiger partial charge in [0.05, 0.1) is 0 Å². The van der Waals surface area contributed by atoms with Crippen LogP contribution in [0, 0.1) is 11.8 Å². The topological polar surface area (TPSA) is 76.7 Å². The van der Waals surface area contributed by atoms with Crippen molar-refractivity contribution < 1.29 is 9.63 Å². The van der Waals surface area contributed by atoms with Gasteiger partial charge in [0.15, 0.2) is 6.61 Å². The lowest BCUT2D eigenvalue weighted by atomic mass is 9.86. The van der Waals surface area contributed by atoms with E-state index in [4.69, 9.17) is 10.6 Å². The number of nitrogens with one attached hydrogen (secondary N) is 1. The molecule has 0 bridgehead atoms. The minimum Gasteiger partial charge on any atom is -0.384 e. The highest BCUT2D eigenvalue weighted by molar-refractivity contribution is 5.82. The molecule has 104 valence electrons. The van der Waals surface area contributed by atoms with E-state index in [9.17, 15) is 4.79 Å². The summed E-state index contributed by atoms with van der Waals surface area (Å²) >= 11 is 0. The average molecular weight is 255 g/mol. The molecule has 0 aromatic carbocycles. The van der Waals surface area contributed by atoms with E-state index in [1.165, 1.54) is 19.3 Å². The molecule has 0 aromatic rings. The zero-order chi connectivity index (χ0) is 13.5. The molecule has 18 heavy (non-hydrogen) atoms. The summed E-state index contributed by atoms with van der Waals surface area (Å²) in [6.07, 6.45) is 4.70. The van der Waals surface area contributed by atoms with Crippen molar-refractivity contribution in [1.29, 1.82) is 0 Å². The summed E-state index contributed by atoms with van der Waals surface area (Å²) in [6.45, 7) is 5.97. The van der Waals surface area contributed by atoms with Crippen LogP contribution in [0.4, 0.5) is 0 Å². The van der Waals surface area contributed by atoms with Gasteiger partial charge in [-0.05, 0) is 18.8 Å². The second kappa shape index (κ2) is 7.24. The van der Waals surface area contributed by atoms with Gasteiger partial charge in [0.2, 0.25) is 0 Å².